The van der Waals surface area contributed by atoms with E-state index in [1.807, 2.05) is 30.3 Å². The Morgan fingerprint density at radius 3 is 2.62 bits per heavy atom. The first-order valence-electron chi connectivity index (χ1n) is 5.83. The number of esters is 1. The number of rotatable bonds is 4. The van der Waals surface area contributed by atoms with Crippen molar-refractivity contribution in [1.29, 1.82) is 0 Å². The van der Waals surface area contributed by atoms with Crippen LogP contribution in [0.15, 0.2) is 35.7 Å². The molecule has 0 bridgehead atoms. The van der Waals surface area contributed by atoms with Gasteiger partial charge in [-0.3, -0.25) is 10.1 Å². The number of nitrogens with two attached hydrogens (primary N) is 1. The fraction of sp³-hybridized carbons (Fsp3) is 0.0769. The topological polar surface area (TPSA) is 111 Å². The first-order valence-corrected chi connectivity index (χ1v) is 6.71. The summed E-state index contributed by atoms with van der Waals surface area (Å²) in [6, 6.07) is 8.34. The van der Waals surface area contributed by atoms with Crippen LogP contribution in [0.1, 0.15) is 10.5 Å². The lowest BCUT2D eigenvalue weighted by Gasteiger charge is -2.02. The van der Waals surface area contributed by atoms with Gasteiger partial charge >= 0.3 is 12.0 Å². The van der Waals surface area contributed by atoms with Gasteiger partial charge in [-0.2, -0.15) is 0 Å². The zero-order chi connectivity index (χ0) is 15.2. The van der Waals surface area contributed by atoms with Crippen LogP contribution >= 0.6 is 11.3 Å². The quantitative estimate of drug-likeness (QED) is 0.823. The molecule has 21 heavy (non-hydrogen) atoms. The van der Waals surface area contributed by atoms with Crippen LogP contribution in [-0.2, 0) is 9.53 Å². The standard InChI is InChI=1S/C13H11N3O4S/c14-13(19)16-10(17)6-20-12(18)9-7-21-11(15-9)8-4-2-1-3-5-8/h1-5,7H,6H2,(H3,14,16,17,19). The number of amides is 3. The van der Waals surface area contributed by atoms with E-state index in [2.05, 4.69) is 4.98 Å². The molecule has 0 saturated heterocycles. The van der Waals surface area contributed by atoms with Crippen LogP contribution in [-0.4, -0.2) is 29.5 Å². The lowest BCUT2D eigenvalue weighted by molar-refractivity contribution is -0.123. The number of nitrogens with one attached hydrogen (secondary N) is 1. The van der Waals surface area contributed by atoms with Crippen molar-refractivity contribution in [2.75, 3.05) is 6.61 Å². The second-order valence-corrected chi connectivity index (χ2v) is 4.75. The van der Waals surface area contributed by atoms with Crippen molar-refractivity contribution in [3.63, 3.8) is 0 Å². The Balaban J connectivity index is 1.97. The third-order valence-corrected chi connectivity index (χ3v) is 3.22. The van der Waals surface area contributed by atoms with E-state index in [0.717, 1.165) is 5.56 Å². The molecule has 0 spiro atoms. The summed E-state index contributed by atoms with van der Waals surface area (Å²) in [5.74, 6) is -1.54. The van der Waals surface area contributed by atoms with Gasteiger partial charge in [-0.25, -0.2) is 14.6 Å². The van der Waals surface area contributed by atoms with Gasteiger partial charge in [-0.1, -0.05) is 30.3 Å². The molecule has 1 aromatic carbocycles. The van der Waals surface area contributed by atoms with Gasteiger partial charge in [-0.15, -0.1) is 11.3 Å². The number of thiazole rings is 1. The van der Waals surface area contributed by atoms with Crippen LogP contribution in [0.3, 0.4) is 0 Å². The van der Waals surface area contributed by atoms with Crippen molar-refractivity contribution in [3.05, 3.63) is 41.4 Å². The highest BCUT2D eigenvalue weighted by Crippen LogP contribution is 2.23. The highest BCUT2D eigenvalue weighted by molar-refractivity contribution is 7.13. The lowest BCUT2D eigenvalue weighted by Crippen LogP contribution is -2.37. The molecule has 108 valence electrons. The van der Waals surface area contributed by atoms with E-state index >= 15 is 0 Å². The zero-order valence-electron chi connectivity index (χ0n) is 10.7. The maximum Gasteiger partial charge on any atom is 0.358 e. The van der Waals surface area contributed by atoms with E-state index < -0.39 is 24.5 Å². The van der Waals surface area contributed by atoms with Crippen LogP contribution < -0.4 is 11.1 Å². The molecule has 7 nitrogen and oxygen atoms in total. The second kappa shape index (κ2) is 6.62. The molecule has 3 amide bonds. The summed E-state index contributed by atoms with van der Waals surface area (Å²) >= 11 is 1.29. The zero-order valence-corrected chi connectivity index (χ0v) is 11.6. The Bertz CT molecular complexity index is 669. The second-order valence-electron chi connectivity index (χ2n) is 3.89. The minimum Gasteiger partial charge on any atom is -0.451 e. The molecule has 3 N–H and O–H groups in total. The van der Waals surface area contributed by atoms with Crippen LogP contribution in [0.25, 0.3) is 10.6 Å². The smallest absolute Gasteiger partial charge is 0.358 e. The summed E-state index contributed by atoms with van der Waals surface area (Å²) in [6.07, 6.45) is 0. The number of carbonyl (C=O) groups excluding carboxylic acids is 3. The van der Waals surface area contributed by atoms with E-state index in [4.69, 9.17) is 10.5 Å². The lowest BCUT2D eigenvalue weighted by atomic mass is 10.2. The molecule has 2 rings (SSSR count). The summed E-state index contributed by atoms with van der Waals surface area (Å²) in [5, 5.41) is 3.99. The maximum atomic E-state index is 11.7. The summed E-state index contributed by atoms with van der Waals surface area (Å²) < 4.78 is 4.73. The predicted octanol–water partition coefficient (Wildman–Crippen LogP) is 1.16. The third-order valence-electron chi connectivity index (χ3n) is 2.33. The molecule has 1 aromatic heterocycles. The van der Waals surface area contributed by atoms with Crippen molar-refractivity contribution < 1.29 is 19.1 Å². The van der Waals surface area contributed by atoms with Crippen molar-refractivity contribution in [2.45, 2.75) is 0 Å². The van der Waals surface area contributed by atoms with Gasteiger partial charge in [0.25, 0.3) is 5.91 Å². The number of nitrogens with zero attached hydrogens (tertiary/aromatic N) is 1. The Morgan fingerprint density at radius 1 is 1.24 bits per heavy atom. The predicted molar refractivity (Wildman–Crippen MR) is 75.6 cm³/mol. The van der Waals surface area contributed by atoms with Crippen LogP contribution in [0, 0.1) is 0 Å². The van der Waals surface area contributed by atoms with E-state index in [1.165, 1.54) is 16.7 Å². The molecule has 0 atom stereocenters. The molecule has 0 aliphatic rings. The minimum atomic E-state index is -1.00. The minimum absolute atomic E-state index is 0.103. The molecular weight excluding hydrogens is 294 g/mol. The monoisotopic (exact) mass is 305 g/mol. The maximum absolute atomic E-state index is 11.7. The van der Waals surface area contributed by atoms with Crippen LogP contribution in [0.4, 0.5) is 4.79 Å². The molecule has 1 heterocycles. The Labute approximate surface area is 123 Å². The number of primary amides is 1. The molecule has 2 aromatic rings. The Hall–Kier alpha value is -2.74. The van der Waals surface area contributed by atoms with Crippen molar-refractivity contribution >= 4 is 29.2 Å². The summed E-state index contributed by atoms with van der Waals surface area (Å²) in [4.78, 5) is 37.4. The van der Waals surface area contributed by atoms with Gasteiger partial charge < -0.3 is 10.5 Å². The van der Waals surface area contributed by atoms with Gasteiger partial charge in [0.15, 0.2) is 12.3 Å². The number of urea groups is 1. The number of ether oxygens (including phenoxy) is 1. The SMILES string of the molecule is NC(=O)NC(=O)COC(=O)c1csc(-c2ccccc2)n1. The molecular formula is C13H11N3O4S. The molecule has 0 aliphatic carbocycles. The van der Waals surface area contributed by atoms with Crippen molar-refractivity contribution in [2.24, 2.45) is 5.73 Å². The molecule has 8 heteroatoms. The summed E-state index contributed by atoms with van der Waals surface area (Å²) in [6.45, 7) is -0.597. The largest absolute Gasteiger partial charge is 0.451 e. The number of benzene rings is 1. The van der Waals surface area contributed by atoms with Gasteiger partial charge in [-0.05, 0) is 0 Å². The number of hydrogen-bond acceptors (Lipinski definition) is 6. The summed E-state index contributed by atoms with van der Waals surface area (Å²) in [7, 11) is 0. The third kappa shape index (κ3) is 4.11. The average molecular weight is 305 g/mol. The van der Waals surface area contributed by atoms with Gasteiger partial charge in [0.2, 0.25) is 0 Å². The normalized spacial score (nSPS) is 9.90. The fourth-order valence-corrected chi connectivity index (χ4v) is 2.25. The number of carbonyl (C=O) groups is 3. The van der Waals surface area contributed by atoms with Gasteiger partial charge in [0.05, 0.1) is 0 Å². The molecule has 0 fully saturated rings. The first-order chi connectivity index (χ1) is 10.1. The van der Waals surface area contributed by atoms with E-state index in [-0.39, 0.29) is 5.69 Å². The Kier molecular flexibility index (Phi) is 4.62. The number of imide groups is 1. The number of hydrogen-bond donors (Lipinski definition) is 2. The first kappa shape index (κ1) is 14.7. The van der Waals surface area contributed by atoms with E-state index in [1.54, 1.807) is 5.32 Å². The van der Waals surface area contributed by atoms with Crippen LogP contribution in [0.2, 0.25) is 0 Å². The highest BCUT2D eigenvalue weighted by Gasteiger charge is 2.15. The fourth-order valence-electron chi connectivity index (χ4n) is 1.46. The van der Waals surface area contributed by atoms with Crippen molar-refractivity contribution in [3.8, 4) is 10.6 Å². The van der Waals surface area contributed by atoms with Crippen molar-refractivity contribution in [1.82, 2.24) is 10.3 Å². The van der Waals surface area contributed by atoms with Gasteiger partial charge in [0, 0.05) is 10.9 Å². The molecule has 0 saturated carbocycles. The molecule has 0 unspecified atom stereocenters. The van der Waals surface area contributed by atoms with Crippen LogP contribution in [0.5, 0.6) is 0 Å². The summed E-state index contributed by atoms with van der Waals surface area (Å²) in [5.41, 5.74) is 5.74. The highest BCUT2D eigenvalue weighted by atomic mass is 32.1. The Morgan fingerprint density at radius 2 is 1.95 bits per heavy atom. The molecule has 0 radical (unpaired) electrons. The number of aromatic nitrogens is 1. The average Bonchev–Trinajstić information content (AvgIpc) is 2.95. The van der Waals surface area contributed by atoms with E-state index in [9.17, 15) is 14.4 Å². The van der Waals surface area contributed by atoms with Gasteiger partial charge in [0.1, 0.15) is 5.01 Å². The molecule has 0 aliphatic heterocycles. The van der Waals surface area contributed by atoms with E-state index in [0.29, 0.717) is 5.01 Å².